The number of carbonyl (C=O) groups is 1. The van der Waals surface area contributed by atoms with Gasteiger partial charge in [0.05, 0.1) is 0 Å². The smallest absolute Gasteiger partial charge is 0.332 e. The van der Waals surface area contributed by atoms with Crippen LogP contribution in [0.4, 0.5) is 0 Å². The van der Waals surface area contributed by atoms with Gasteiger partial charge in [0.2, 0.25) is 0 Å². The van der Waals surface area contributed by atoms with Crippen molar-refractivity contribution < 1.29 is 9.90 Å². The molecule has 3 nitrogen and oxygen atoms in total. The summed E-state index contributed by atoms with van der Waals surface area (Å²) in [6.45, 7) is 6.30. The zero-order valence-corrected chi connectivity index (χ0v) is 9.70. The molecule has 0 aromatic rings. The number of likely N-dealkylation sites (N-methyl/N-ethyl adjacent to an activating group) is 1. The second kappa shape index (κ2) is 5.31. The maximum absolute atomic E-state index is 10.7. The lowest BCUT2D eigenvalue weighted by atomic mass is 9.85. The minimum absolute atomic E-state index is 0.287. The average molecular weight is 211 g/mol. The van der Waals surface area contributed by atoms with E-state index >= 15 is 0 Å². The van der Waals surface area contributed by atoms with Gasteiger partial charge in [0.15, 0.2) is 0 Å². The molecule has 0 aliphatic heterocycles. The topological polar surface area (TPSA) is 40.5 Å². The zero-order chi connectivity index (χ0) is 11.4. The van der Waals surface area contributed by atoms with Crippen molar-refractivity contribution in [3.05, 3.63) is 12.2 Å². The van der Waals surface area contributed by atoms with Crippen LogP contribution in [-0.2, 0) is 4.79 Å². The van der Waals surface area contributed by atoms with E-state index in [-0.39, 0.29) is 5.57 Å². The third-order valence-corrected chi connectivity index (χ3v) is 3.38. The molecule has 1 saturated carbocycles. The molecule has 1 rings (SSSR count). The fourth-order valence-electron chi connectivity index (χ4n) is 2.44. The lowest BCUT2D eigenvalue weighted by Crippen LogP contribution is -2.40. The highest BCUT2D eigenvalue weighted by molar-refractivity contribution is 5.86. The van der Waals surface area contributed by atoms with E-state index in [1.165, 1.54) is 25.7 Å². The Balaban J connectivity index is 2.48. The van der Waals surface area contributed by atoms with Crippen molar-refractivity contribution in [1.29, 1.82) is 0 Å². The van der Waals surface area contributed by atoms with Gasteiger partial charge < -0.3 is 5.11 Å². The Kier molecular flexibility index (Phi) is 4.33. The van der Waals surface area contributed by atoms with Gasteiger partial charge in [-0.3, -0.25) is 4.90 Å². The largest absolute Gasteiger partial charge is 0.478 e. The van der Waals surface area contributed by atoms with Crippen LogP contribution in [0, 0.1) is 5.92 Å². The van der Waals surface area contributed by atoms with Crippen LogP contribution < -0.4 is 0 Å². The summed E-state index contributed by atoms with van der Waals surface area (Å²) in [7, 11) is 2.00. The number of nitrogens with zero attached hydrogens (tertiary/aromatic N) is 1. The van der Waals surface area contributed by atoms with Gasteiger partial charge >= 0.3 is 5.97 Å². The molecule has 2 atom stereocenters. The second-order valence-corrected chi connectivity index (χ2v) is 4.65. The van der Waals surface area contributed by atoms with Crippen molar-refractivity contribution in [2.75, 3.05) is 13.6 Å². The van der Waals surface area contributed by atoms with E-state index in [9.17, 15) is 4.79 Å². The second-order valence-electron chi connectivity index (χ2n) is 4.65. The van der Waals surface area contributed by atoms with E-state index in [1.807, 2.05) is 7.05 Å². The van der Waals surface area contributed by atoms with E-state index in [0.717, 1.165) is 0 Å². The van der Waals surface area contributed by atoms with Crippen LogP contribution in [0.15, 0.2) is 12.2 Å². The highest BCUT2D eigenvalue weighted by atomic mass is 16.4. The first-order valence-electron chi connectivity index (χ1n) is 5.63. The van der Waals surface area contributed by atoms with Crippen LogP contribution in [0.1, 0.15) is 32.6 Å². The van der Waals surface area contributed by atoms with Crippen LogP contribution in [0.2, 0.25) is 0 Å². The number of hydrogen-bond donors (Lipinski definition) is 1. The number of aliphatic carboxylic acids is 1. The van der Waals surface area contributed by atoms with Gasteiger partial charge in [-0.05, 0) is 25.8 Å². The van der Waals surface area contributed by atoms with Crippen molar-refractivity contribution in [2.24, 2.45) is 5.92 Å². The number of carboxylic acids is 1. The van der Waals surface area contributed by atoms with Crippen molar-refractivity contribution in [3.8, 4) is 0 Å². The third-order valence-electron chi connectivity index (χ3n) is 3.38. The molecule has 2 unspecified atom stereocenters. The highest BCUT2D eigenvalue weighted by Gasteiger charge is 2.25. The van der Waals surface area contributed by atoms with Gasteiger partial charge in [-0.15, -0.1) is 0 Å². The average Bonchev–Trinajstić information content (AvgIpc) is 2.18. The van der Waals surface area contributed by atoms with Crippen molar-refractivity contribution in [2.45, 2.75) is 38.6 Å². The summed E-state index contributed by atoms with van der Waals surface area (Å²) in [4.78, 5) is 12.8. The summed E-state index contributed by atoms with van der Waals surface area (Å²) in [5.41, 5.74) is 0.287. The molecule has 1 fully saturated rings. The molecule has 0 aromatic heterocycles. The normalized spacial score (nSPS) is 26.6. The molecule has 1 N–H and O–H groups in total. The SMILES string of the molecule is C=C(CN(C)C1CCCCC1C)C(=O)O. The minimum Gasteiger partial charge on any atom is -0.478 e. The Morgan fingerprint density at radius 2 is 2.07 bits per heavy atom. The molecule has 3 heteroatoms. The lowest BCUT2D eigenvalue weighted by Gasteiger charge is -2.36. The van der Waals surface area contributed by atoms with Crippen LogP contribution in [0.3, 0.4) is 0 Å². The van der Waals surface area contributed by atoms with Gasteiger partial charge in [-0.2, -0.15) is 0 Å². The fourth-order valence-corrected chi connectivity index (χ4v) is 2.44. The van der Waals surface area contributed by atoms with Gasteiger partial charge in [-0.1, -0.05) is 26.3 Å². The van der Waals surface area contributed by atoms with Crippen molar-refractivity contribution >= 4 is 5.97 Å². The molecule has 0 bridgehead atoms. The van der Waals surface area contributed by atoms with E-state index < -0.39 is 5.97 Å². The molecule has 0 aromatic carbocycles. The van der Waals surface area contributed by atoms with Gasteiger partial charge in [0, 0.05) is 18.2 Å². The fraction of sp³-hybridized carbons (Fsp3) is 0.750. The van der Waals surface area contributed by atoms with E-state index in [0.29, 0.717) is 18.5 Å². The van der Waals surface area contributed by atoms with Gasteiger partial charge in [0.1, 0.15) is 0 Å². The van der Waals surface area contributed by atoms with Crippen molar-refractivity contribution in [1.82, 2.24) is 4.90 Å². The number of carboxylic acid groups (broad SMARTS) is 1. The summed E-state index contributed by atoms with van der Waals surface area (Å²) < 4.78 is 0. The quantitative estimate of drug-likeness (QED) is 0.724. The van der Waals surface area contributed by atoms with Crippen LogP contribution in [-0.4, -0.2) is 35.6 Å². The van der Waals surface area contributed by atoms with Gasteiger partial charge in [-0.25, -0.2) is 4.79 Å². The zero-order valence-electron chi connectivity index (χ0n) is 9.70. The summed E-state index contributed by atoms with van der Waals surface area (Å²) in [6, 6.07) is 0.523. The molecular weight excluding hydrogens is 190 g/mol. The maximum atomic E-state index is 10.7. The Morgan fingerprint density at radius 1 is 1.47 bits per heavy atom. The first kappa shape index (κ1) is 12.2. The Morgan fingerprint density at radius 3 is 2.60 bits per heavy atom. The predicted molar refractivity (Wildman–Crippen MR) is 60.8 cm³/mol. The molecule has 1 aliphatic rings. The Labute approximate surface area is 91.8 Å². The lowest BCUT2D eigenvalue weighted by molar-refractivity contribution is -0.133. The van der Waals surface area contributed by atoms with E-state index in [4.69, 9.17) is 5.11 Å². The number of rotatable bonds is 4. The third kappa shape index (κ3) is 3.34. The summed E-state index contributed by atoms with van der Waals surface area (Å²) in [5, 5.41) is 8.77. The molecule has 15 heavy (non-hydrogen) atoms. The molecule has 0 spiro atoms. The monoisotopic (exact) mass is 211 g/mol. The van der Waals surface area contributed by atoms with E-state index in [1.54, 1.807) is 0 Å². The first-order chi connectivity index (χ1) is 7.02. The molecule has 0 radical (unpaired) electrons. The summed E-state index contributed by atoms with van der Waals surface area (Å²) >= 11 is 0. The Hall–Kier alpha value is -0.830. The number of hydrogen-bond acceptors (Lipinski definition) is 2. The summed E-state index contributed by atoms with van der Waals surface area (Å²) in [5.74, 6) is -0.212. The van der Waals surface area contributed by atoms with Gasteiger partial charge in [0.25, 0.3) is 0 Å². The molecule has 0 heterocycles. The Bertz CT molecular complexity index is 250. The van der Waals surface area contributed by atoms with Crippen molar-refractivity contribution in [3.63, 3.8) is 0 Å². The molecule has 86 valence electrons. The molecule has 0 amide bonds. The predicted octanol–water partition coefficient (Wildman–Crippen LogP) is 2.14. The summed E-state index contributed by atoms with van der Waals surface area (Å²) in [6.07, 6.45) is 5.02. The van der Waals surface area contributed by atoms with E-state index in [2.05, 4.69) is 18.4 Å². The first-order valence-corrected chi connectivity index (χ1v) is 5.63. The minimum atomic E-state index is -0.884. The standard InChI is InChI=1S/C12H21NO2/c1-9-6-4-5-7-11(9)13(3)8-10(2)12(14)15/h9,11H,2,4-8H2,1,3H3,(H,14,15). The van der Waals surface area contributed by atoms with Crippen LogP contribution in [0.25, 0.3) is 0 Å². The molecular formula is C12H21NO2. The van der Waals surface area contributed by atoms with Crippen LogP contribution in [0.5, 0.6) is 0 Å². The molecule has 1 aliphatic carbocycles. The molecule has 0 saturated heterocycles. The highest BCUT2D eigenvalue weighted by Crippen LogP contribution is 2.27. The van der Waals surface area contributed by atoms with Crippen LogP contribution >= 0.6 is 0 Å². The maximum Gasteiger partial charge on any atom is 0.332 e.